The van der Waals surface area contributed by atoms with Crippen LogP contribution in [0.4, 0.5) is 20.3 Å². The fourth-order valence-corrected chi connectivity index (χ4v) is 2.47. The highest BCUT2D eigenvalue weighted by atomic mass is 79.9. The lowest BCUT2D eigenvalue weighted by Gasteiger charge is -2.13. The van der Waals surface area contributed by atoms with Crippen LogP contribution in [0, 0.1) is 6.92 Å². The predicted molar refractivity (Wildman–Crippen MR) is 110 cm³/mol. The van der Waals surface area contributed by atoms with E-state index >= 15 is 0 Å². The van der Waals surface area contributed by atoms with E-state index in [2.05, 4.69) is 38.1 Å². The first kappa shape index (κ1) is 22.2. The Hall–Kier alpha value is -1.82. The summed E-state index contributed by atoms with van der Waals surface area (Å²) in [5, 5.41) is 2.78. The highest BCUT2D eigenvalue weighted by Crippen LogP contribution is 2.30. The number of rotatable bonds is 9. The second-order valence-corrected chi connectivity index (χ2v) is 6.50. The van der Waals surface area contributed by atoms with Crippen LogP contribution in [0.15, 0.2) is 51.2 Å². The van der Waals surface area contributed by atoms with E-state index in [0.717, 1.165) is 24.8 Å². The van der Waals surface area contributed by atoms with Gasteiger partial charge in [0.25, 0.3) is 0 Å². The van der Waals surface area contributed by atoms with Gasteiger partial charge in [0.05, 0.1) is 5.69 Å². The van der Waals surface area contributed by atoms with E-state index < -0.39 is 11.7 Å². The fraction of sp³-hybridized carbons (Fsp3) is 0.400. The number of hydrogen-bond acceptors (Lipinski definition) is 3. The topological polar surface area (TPSA) is 37.3 Å². The van der Waals surface area contributed by atoms with Gasteiger partial charge in [-0.1, -0.05) is 26.3 Å². The number of anilines is 1. The largest absolute Gasteiger partial charge is 0.335 e. The van der Waals surface area contributed by atoms with Gasteiger partial charge >= 0.3 is 0 Å². The molecule has 0 aromatic carbocycles. The van der Waals surface area contributed by atoms with E-state index in [4.69, 9.17) is 0 Å². The maximum atomic E-state index is 14.4. The molecule has 0 atom stereocenters. The second-order valence-electron chi connectivity index (χ2n) is 5.69. The van der Waals surface area contributed by atoms with Crippen molar-refractivity contribution in [3.05, 3.63) is 51.8 Å². The third kappa shape index (κ3) is 6.83. The number of halogens is 3. The molecule has 0 aliphatic carbocycles. The first-order valence-electron chi connectivity index (χ1n) is 8.79. The van der Waals surface area contributed by atoms with Crippen LogP contribution in [0.25, 0.3) is 0 Å². The standard InChI is InChI=1S/C20H26BrF2N3/c1-5-8-10-12-24-17-13-18(21)25-20(14(17)4)26-19(15(22)7-3)16(23)11-9-6-2/h7,9,11-13H,5-6,8,10H2,1-4H3,(H,25,26)/b11-9+,15-7+,19-16-,24-12?. The lowest BCUT2D eigenvalue weighted by atomic mass is 10.2. The average Bonchev–Trinajstić information content (AvgIpc) is 2.63. The third-order valence-electron chi connectivity index (χ3n) is 3.61. The minimum absolute atomic E-state index is 0.244. The van der Waals surface area contributed by atoms with Gasteiger partial charge in [0.2, 0.25) is 0 Å². The monoisotopic (exact) mass is 425 g/mol. The fourth-order valence-electron chi connectivity index (χ4n) is 2.08. The highest BCUT2D eigenvalue weighted by molar-refractivity contribution is 9.10. The van der Waals surface area contributed by atoms with Crippen molar-refractivity contribution in [2.24, 2.45) is 4.99 Å². The molecule has 1 heterocycles. The molecule has 3 nitrogen and oxygen atoms in total. The van der Waals surface area contributed by atoms with E-state index in [-0.39, 0.29) is 5.70 Å². The number of aromatic nitrogens is 1. The molecule has 6 heteroatoms. The van der Waals surface area contributed by atoms with Crippen LogP contribution in [0.3, 0.4) is 0 Å². The van der Waals surface area contributed by atoms with Gasteiger partial charge in [-0.05, 0) is 67.3 Å². The summed E-state index contributed by atoms with van der Waals surface area (Å²) < 4.78 is 29.1. The van der Waals surface area contributed by atoms with E-state index in [9.17, 15) is 8.78 Å². The van der Waals surface area contributed by atoms with Crippen molar-refractivity contribution in [2.45, 2.75) is 53.4 Å². The van der Waals surface area contributed by atoms with Crippen molar-refractivity contribution >= 4 is 33.6 Å². The number of nitrogens with one attached hydrogen (secondary N) is 1. The summed E-state index contributed by atoms with van der Waals surface area (Å²) in [6.45, 7) is 7.33. The molecule has 142 valence electrons. The number of aliphatic imine (C=N–C) groups is 1. The Bertz CT molecular complexity index is 722. The van der Waals surface area contributed by atoms with Crippen molar-refractivity contribution in [3.8, 4) is 0 Å². The predicted octanol–water partition coefficient (Wildman–Crippen LogP) is 7.48. The Balaban J connectivity index is 3.26. The van der Waals surface area contributed by atoms with E-state index in [0.29, 0.717) is 22.5 Å². The van der Waals surface area contributed by atoms with Crippen molar-refractivity contribution in [1.82, 2.24) is 4.98 Å². The number of unbranched alkanes of at least 4 members (excludes halogenated alkanes) is 2. The Morgan fingerprint density at radius 1 is 1.35 bits per heavy atom. The lowest BCUT2D eigenvalue weighted by Crippen LogP contribution is -2.06. The molecule has 0 aliphatic heterocycles. The van der Waals surface area contributed by atoms with E-state index in [1.807, 2.05) is 20.1 Å². The van der Waals surface area contributed by atoms with Crippen LogP contribution < -0.4 is 5.32 Å². The molecule has 0 radical (unpaired) electrons. The molecular formula is C20H26BrF2N3. The highest BCUT2D eigenvalue weighted by Gasteiger charge is 2.14. The summed E-state index contributed by atoms with van der Waals surface area (Å²) in [6, 6.07) is 1.78. The Labute approximate surface area is 163 Å². The smallest absolute Gasteiger partial charge is 0.149 e. The summed E-state index contributed by atoms with van der Waals surface area (Å²) in [5.41, 5.74) is 1.18. The van der Waals surface area contributed by atoms with Crippen molar-refractivity contribution in [1.29, 1.82) is 0 Å². The summed E-state index contributed by atoms with van der Waals surface area (Å²) >= 11 is 3.34. The number of pyridine rings is 1. The van der Waals surface area contributed by atoms with Gasteiger partial charge in [0.15, 0.2) is 0 Å². The quantitative estimate of drug-likeness (QED) is 0.192. The van der Waals surface area contributed by atoms with Gasteiger partial charge in [-0.3, -0.25) is 4.99 Å². The minimum Gasteiger partial charge on any atom is -0.335 e. The molecule has 0 bridgehead atoms. The molecule has 26 heavy (non-hydrogen) atoms. The molecule has 1 N–H and O–H groups in total. The lowest BCUT2D eigenvalue weighted by molar-refractivity contribution is 0.610. The first-order valence-corrected chi connectivity index (χ1v) is 9.59. The Kier molecular flexibility index (Phi) is 10.0. The van der Waals surface area contributed by atoms with Gasteiger partial charge < -0.3 is 5.32 Å². The molecular weight excluding hydrogens is 400 g/mol. The zero-order valence-corrected chi connectivity index (χ0v) is 17.3. The molecule has 0 spiro atoms. The molecule has 0 saturated heterocycles. The van der Waals surface area contributed by atoms with Crippen LogP contribution in [-0.2, 0) is 0 Å². The van der Waals surface area contributed by atoms with Gasteiger partial charge in [-0.15, -0.1) is 0 Å². The van der Waals surface area contributed by atoms with Crippen molar-refractivity contribution < 1.29 is 8.78 Å². The summed E-state index contributed by atoms with van der Waals surface area (Å²) in [6.07, 6.45) is 9.64. The average molecular weight is 426 g/mol. The zero-order chi connectivity index (χ0) is 19.5. The van der Waals surface area contributed by atoms with E-state index in [1.54, 1.807) is 12.1 Å². The van der Waals surface area contributed by atoms with Crippen LogP contribution >= 0.6 is 15.9 Å². The molecule has 1 rings (SSSR count). The van der Waals surface area contributed by atoms with Gasteiger partial charge in [0.1, 0.15) is 27.8 Å². The van der Waals surface area contributed by atoms with Gasteiger partial charge in [0, 0.05) is 11.8 Å². The van der Waals surface area contributed by atoms with Crippen LogP contribution in [0.5, 0.6) is 0 Å². The third-order valence-corrected chi connectivity index (χ3v) is 4.01. The SMILES string of the molecule is C\C=C(F)/C(Nc1nc(Br)cc(N=CCCCC)c1C)=C(F)\C=C\CC. The minimum atomic E-state index is -0.684. The first-order chi connectivity index (χ1) is 12.4. The van der Waals surface area contributed by atoms with Crippen molar-refractivity contribution in [2.75, 3.05) is 5.32 Å². The normalized spacial score (nSPS) is 13.6. The zero-order valence-electron chi connectivity index (χ0n) is 15.7. The molecule has 0 aliphatic rings. The summed E-state index contributed by atoms with van der Waals surface area (Å²) in [5.74, 6) is -1.01. The number of nitrogens with zero attached hydrogens (tertiary/aromatic N) is 2. The molecule has 1 aromatic rings. The van der Waals surface area contributed by atoms with Crippen molar-refractivity contribution in [3.63, 3.8) is 0 Å². The van der Waals surface area contributed by atoms with Crippen LogP contribution in [0.1, 0.15) is 52.0 Å². The maximum absolute atomic E-state index is 14.4. The van der Waals surface area contributed by atoms with Gasteiger partial charge in [-0.25, -0.2) is 13.8 Å². The summed E-state index contributed by atoms with van der Waals surface area (Å²) in [7, 11) is 0. The number of hydrogen-bond donors (Lipinski definition) is 1. The molecule has 0 unspecified atom stereocenters. The maximum Gasteiger partial charge on any atom is 0.149 e. The Morgan fingerprint density at radius 2 is 2.08 bits per heavy atom. The molecule has 0 fully saturated rings. The molecule has 1 aromatic heterocycles. The van der Waals surface area contributed by atoms with E-state index in [1.165, 1.54) is 19.1 Å². The molecule has 0 amide bonds. The molecule has 0 saturated carbocycles. The van der Waals surface area contributed by atoms with Gasteiger partial charge in [-0.2, -0.15) is 0 Å². The van der Waals surface area contributed by atoms with Crippen LogP contribution in [-0.4, -0.2) is 11.2 Å². The summed E-state index contributed by atoms with van der Waals surface area (Å²) in [4.78, 5) is 8.77. The number of allylic oxidation sites excluding steroid dienone is 5. The van der Waals surface area contributed by atoms with Crippen LogP contribution in [0.2, 0.25) is 0 Å². The Morgan fingerprint density at radius 3 is 2.69 bits per heavy atom. The second kappa shape index (κ2) is 11.7.